The van der Waals surface area contributed by atoms with Crippen LogP contribution in [0.2, 0.25) is 0 Å². The van der Waals surface area contributed by atoms with Crippen LogP contribution < -0.4 is 10.5 Å². The first-order valence-corrected chi connectivity index (χ1v) is 5.67. The van der Waals surface area contributed by atoms with Gasteiger partial charge < -0.3 is 10.5 Å². The van der Waals surface area contributed by atoms with E-state index in [0.717, 1.165) is 25.8 Å². The van der Waals surface area contributed by atoms with Gasteiger partial charge in [0.05, 0.1) is 7.11 Å². The molecule has 2 nitrogen and oxygen atoms in total. The van der Waals surface area contributed by atoms with Gasteiger partial charge in [0.1, 0.15) is 0 Å². The minimum Gasteiger partial charge on any atom is -0.494 e. The van der Waals surface area contributed by atoms with Crippen molar-refractivity contribution in [3.8, 4) is 5.75 Å². The number of methoxy groups -OCH3 is 1. The van der Waals surface area contributed by atoms with Gasteiger partial charge in [-0.2, -0.15) is 0 Å². The topological polar surface area (TPSA) is 35.2 Å². The van der Waals surface area contributed by atoms with Gasteiger partial charge in [0.25, 0.3) is 0 Å². The van der Waals surface area contributed by atoms with Crippen molar-refractivity contribution in [3.63, 3.8) is 0 Å². The molecule has 3 fully saturated rings. The highest BCUT2D eigenvalue weighted by Crippen LogP contribution is 2.73. The second-order valence-electron chi connectivity index (χ2n) is 5.36. The van der Waals surface area contributed by atoms with Crippen molar-refractivity contribution in [2.24, 2.45) is 11.1 Å². The lowest BCUT2D eigenvalue weighted by molar-refractivity contribution is -0.132. The number of hydrogen-bond donors (Lipinski definition) is 1. The molecule has 16 heavy (non-hydrogen) atoms. The molecule has 3 aliphatic rings. The fourth-order valence-electron chi connectivity index (χ4n) is 3.51. The number of ether oxygens (including phenoxy) is 1. The molecule has 0 aliphatic heterocycles. The average Bonchev–Trinajstić information content (AvgIpc) is 2.17. The molecule has 0 radical (unpaired) electrons. The molecule has 3 saturated carbocycles. The number of rotatable bonds is 3. The molecule has 1 aromatic rings. The Labute approximate surface area is 94.6 Å². The first-order valence-electron chi connectivity index (χ1n) is 5.67. The molecular weight excluding hydrogens is 205 g/mol. The summed E-state index contributed by atoms with van der Waals surface area (Å²) in [4.78, 5) is 0. The van der Waals surface area contributed by atoms with Crippen molar-refractivity contribution in [1.82, 2.24) is 0 Å². The fraction of sp³-hybridized carbons (Fsp3) is 0.538. The normalized spacial score (nSPS) is 35.2. The van der Waals surface area contributed by atoms with Gasteiger partial charge in [-0.05, 0) is 54.3 Å². The highest BCUT2D eigenvalue weighted by atomic mass is 19.1. The standard InChI is InChI=1S/C13H16FNO/c1-16-11-4-9(2-3-10(11)14)13-5-12(6-13,7-13)8-15/h2-4H,5-8,15H2,1H3. The van der Waals surface area contributed by atoms with E-state index in [1.165, 1.54) is 18.7 Å². The smallest absolute Gasteiger partial charge is 0.165 e. The van der Waals surface area contributed by atoms with Crippen molar-refractivity contribution in [1.29, 1.82) is 0 Å². The van der Waals surface area contributed by atoms with Gasteiger partial charge in [-0.25, -0.2) is 4.39 Å². The van der Waals surface area contributed by atoms with E-state index in [0.29, 0.717) is 11.2 Å². The third-order valence-electron chi connectivity index (χ3n) is 4.34. The van der Waals surface area contributed by atoms with Crippen LogP contribution in [-0.4, -0.2) is 13.7 Å². The second kappa shape index (κ2) is 2.98. The van der Waals surface area contributed by atoms with Crippen molar-refractivity contribution in [2.45, 2.75) is 24.7 Å². The lowest BCUT2D eigenvalue weighted by Gasteiger charge is -2.71. The first kappa shape index (κ1) is 10.1. The fourth-order valence-corrected chi connectivity index (χ4v) is 3.51. The largest absolute Gasteiger partial charge is 0.494 e. The van der Waals surface area contributed by atoms with E-state index < -0.39 is 0 Å². The van der Waals surface area contributed by atoms with E-state index in [4.69, 9.17) is 10.5 Å². The van der Waals surface area contributed by atoms with Gasteiger partial charge in [-0.1, -0.05) is 6.07 Å². The van der Waals surface area contributed by atoms with E-state index in [2.05, 4.69) is 0 Å². The highest BCUT2D eigenvalue weighted by molar-refractivity contribution is 5.43. The van der Waals surface area contributed by atoms with Crippen molar-refractivity contribution < 1.29 is 9.13 Å². The Bertz CT molecular complexity index is 424. The third kappa shape index (κ3) is 1.09. The molecule has 0 amide bonds. The molecule has 1 aromatic carbocycles. The quantitative estimate of drug-likeness (QED) is 0.849. The van der Waals surface area contributed by atoms with E-state index in [1.807, 2.05) is 12.1 Å². The van der Waals surface area contributed by atoms with Gasteiger partial charge in [0.2, 0.25) is 0 Å². The molecule has 0 unspecified atom stereocenters. The van der Waals surface area contributed by atoms with Gasteiger partial charge >= 0.3 is 0 Å². The summed E-state index contributed by atoms with van der Waals surface area (Å²) in [6.45, 7) is 0.785. The third-order valence-corrected chi connectivity index (χ3v) is 4.34. The molecule has 3 heteroatoms. The van der Waals surface area contributed by atoms with Crippen LogP contribution in [0.3, 0.4) is 0 Å². The molecule has 4 rings (SSSR count). The van der Waals surface area contributed by atoms with Crippen LogP contribution in [0, 0.1) is 11.2 Å². The van der Waals surface area contributed by atoms with E-state index in [1.54, 1.807) is 0 Å². The number of hydrogen-bond acceptors (Lipinski definition) is 2. The van der Waals surface area contributed by atoms with Crippen LogP contribution in [0.4, 0.5) is 4.39 Å². The van der Waals surface area contributed by atoms with E-state index >= 15 is 0 Å². The molecule has 3 aliphatic carbocycles. The number of halogens is 1. The summed E-state index contributed by atoms with van der Waals surface area (Å²) in [7, 11) is 1.51. The molecule has 86 valence electrons. The van der Waals surface area contributed by atoms with Gasteiger partial charge in [-0.3, -0.25) is 0 Å². The summed E-state index contributed by atoms with van der Waals surface area (Å²) in [5.41, 5.74) is 7.63. The minimum absolute atomic E-state index is 0.278. The van der Waals surface area contributed by atoms with Gasteiger partial charge in [-0.15, -0.1) is 0 Å². The van der Waals surface area contributed by atoms with Crippen LogP contribution >= 0.6 is 0 Å². The van der Waals surface area contributed by atoms with Crippen LogP contribution in [-0.2, 0) is 5.41 Å². The Morgan fingerprint density at radius 2 is 2.06 bits per heavy atom. The molecular formula is C13H16FNO. The molecule has 2 N–H and O–H groups in total. The predicted octanol–water partition coefficient (Wildman–Crippen LogP) is 2.21. The van der Waals surface area contributed by atoms with Crippen molar-refractivity contribution in [2.75, 3.05) is 13.7 Å². The molecule has 0 spiro atoms. The number of benzene rings is 1. The molecule has 0 aromatic heterocycles. The summed E-state index contributed by atoms with van der Waals surface area (Å²) < 4.78 is 18.3. The maximum atomic E-state index is 13.3. The summed E-state index contributed by atoms with van der Waals surface area (Å²) in [5, 5.41) is 0. The monoisotopic (exact) mass is 221 g/mol. The number of nitrogens with two attached hydrogens (primary N) is 1. The Morgan fingerprint density at radius 1 is 1.38 bits per heavy atom. The van der Waals surface area contributed by atoms with Crippen LogP contribution in [0.25, 0.3) is 0 Å². The van der Waals surface area contributed by atoms with Gasteiger partial charge in [0, 0.05) is 0 Å². The maximum Gasteiger partial charge on any atom is 0.165 e. The van der Waals surface area contributed by atoms with Crippen LogP contribution in [0.1, 0.15) is 24.8 Å². The Kier molecular flexibility index (Phi) is 1.88. The van der Waals surface area contributed by atoms with E-state index in [-0.39, 0.29) is 11.2 Å². The van der Waals surface area contributed by atoms with Crippen LogP contribution in [0.15, 0.2) is 18.2 Å². The Morgan fingerprint density at radius 3 is 2.62 bits per heavy atom. The predicted molar refractivity (Wildman–Crippen MR) is 60.0 cm³/mol. The summed E-state index contributed by atoms with van der Waals surface area (Å²) in [6.07, 6.45) is 3.47. The summed E-state index contributed by atoms with van der Waals surface area (Å²) in [5.74, 6) is 0.0652. The lowest BCUT2D eigenvalue weighted by Crippen LogP contribution is -2.67. The Hall–Kier alpha value is -1.09. The SMILES string of the molecule is COc1cc(C23CC(CN)(C2)C3)ccc1F. The zero-order valence-electron chi connectivity index (χ0n) is 9.42. The first-order chi connectivity index (χ1) is 7.63. The van der Waals surface area contributed by atoms with Crippen LogP contribution in [0.5, 0.6) is 5.75 Å². The second-order valence-corrected chi connectivity index (χ2v) is 5.36. The maximum absolute atomic E-state index is 13.3. The molecule has 0 atom stereocenters. The van der Waals surface area contributed by atoms with Gasteiger partial charge in [0.15, 0.2) is 11.6 Å². The van der Waals surface area contributed by atoms with Crippen molar-refractivity contribution >= 4 is 0 Å². The molecule has 2 bridgehead atoms. The van der Waals surface area contributed by atoms with Crippen molar-refractivity contribution in [3.05, 3.63) is 29.6 Å². The van der Waals surface area contributed by atoms with E-state index in [9.17, 15) is 4.39 Å². The minimum atomic E-state index is -0.286. The zero-order valence-corrected chi connectivity index (χ0v) is 9.42. The average molecular weight is 221 g/mol. The Balaban J connectivity index is 1.87. The summed E-state index contributed by atoms with van der Waals surface area (Å²) >= 11 is 0. The summed E-state index contributed by atoms with van der Waals surface area (Å²) in [6, 6.07) is 5.23. The molecule has 0 heterocycles. The zero-order chi connectivity index (χ0) is 11.4. The molecule has 0 saturated heterocycles. The lowest BCUT2D eigenvalue weighted by atomic mass is 9.33. The highest BCUT2D eigenvalue weighted by Gasteiger charge is 2.67.